The lowest BCUT2D eigenvalue weighted by Crippen LogP contribution is -2.53. The van der Waals surface area contributed by atoms with Gasteiger partial charge >= 0.3 is 0 Å². The van der Waals surface area contributed by atoms with Crippen LogP contribution in [-0.4, -0.2) is 24.6 Å². The molecule has 1 amide bonds. The molecule has 2 fully saturated rings. The van der Waals surface area contributed by atoms with E-state index in [-0.39, 0.29) is 11.9 Å². The van der Waals surface area contributed by atoms with Crippen LogP contribution in [0.1, 0.15) is 49.4 Å². The van der Waals surface area contributed by atoms with Crippen molar-refractivity contribution in [2.24, 2.45) is 17.6 Å². The van der Waals surface area contributed by atoms with Crippen molar-refractivity contribution in [3.8, 4) is 5.75 Å². The Hall–Kier alpha value is -1.55. The number of hydrogen-bond donors (Lipinski definition) is 2. The standard InChI is InChI=1S/C18H26N2O2/c1-2-22-16-8-4-7-14(11-16)18(21)20-17-12-5-3-6-13(17)10-15(19)9-12/h4,7-8,11-13,15,17H,2-3,5-6,9-10,19H2,1H3,(H,20,21). The summed E-state index contributed by atoms with van der Waals surface area (Å²) in [5, 5.41) is 3.28. The minimum Gasteiger partial charge on any atom is -0.494 e. The predicted octanol–water partition coefficient (Wildman–Crippen LogP) is 2.72. The summed E-state index contributed by atoms with van der Waals surface area (Å²) in [6.07, 6.45) is 5.73. The number of rotatable bonds is 4. The number of nitrogens with two attached hydrogens (primary N) is 1. The van der Waals surface area contributed by atoms with Gasteiger partial charge in [0, 0.05) is 17.6 Å². The topological polar surface area (TPSA) is 64.3 Å². The van der Waals surface area contributed by atoms with Gasteiger partial charge in [0.05, 0.1) is 6.61 Å². The molecular formula is C18H26N2O2. The number of fused-ring (bicyclic) bond motifs is 2. The quantitative estimate of drug-likeness (QED) is 0.899. The zero-order valence-corrected chi connectivity index (χ0v) is 13.3. The normalized spacial score (nSPS) is 30.6. The van der Waals surface area contributed by atoms with E-state index in [0.29, 0.717) is 30.0 Å². The van der Waals surface area contributed by atoms with Gasteiger partial charge in [-0.3, -0.25) is 4.79 Å². The van der Waals surface area contributed by atoms with E-state index >= 15 is 0 Å². The SMILES string of the molecule is CCOc1cccc(C(=O)NC2C3CCCC2CC(N)C3)c1. The molecule has 0 aliphatic heterocycles. The molecule has 0 radical (unpaired) electrons. The van der Waals surface area contributed by atoms with Gasteiger partial charge in [-0.15, -0.1) is 0 Å². The van der Waals surface area contributed by atoms with Crippen molar-refractivity contribution in [2.75, 3.05) is 6.61 Å². The van der Waals surface area contributed by atoms with Crippen molar-refractivity contribution in [3.05, 3.63) is 29.8 Å². The molecule has 22 heavy (non-hydrogen) atoms. The summed E-state index contributed by atoms with van der Waals surface area (Å²) < 4.78 is 5.48. The lowest BCUT2D eigenvalue weighted by Gasteiger charge is -2.45. The van der Waals surface area contributed by atoms with Gasteiger partial charge in [-0.25, -0.2) is 0 Å². The highest BCUT2D eigenvalue weighted by atomic mass is 16.5. The molecular weight excluding hydrogens is 276 g/mol. The molecule has 120 valence electrons. The molecule has 2 bridgehead atoms. The van der Waals surface area contributed by atoms with Gasteiger partial charge in [-0.2, -0.15) is 0 Å². The summed E-state index contributed by atoms with van der Waals surface area (Å²) in [7, 11) is 0. The molecule has 0 spiro atoms. The molecule has 4 heteroatoms. The highest BCUT2D eigenvalue weighted by Gasteiger charge is 2.39. The van der Waals surface area contributed by atoms with Crippen LogP contribution in [-0.2, 0) is 0 Å². The van der Waals surface area contributed by atoms with Gasteiger partial charge in [-0.1, -0.05) is 12.5 Å². The zero-order valence-electron chi connectivity index (χ0n) is 13.3. The van der Waals surface area contributed by atoms with E-state index < -0.39 is 0 Å². The molecule has 1 aromatic rings. The highest BCUT2D eigenvalue weighted by molar-refractivity contribution is 5.94. The summed E-state index contributed by atoms with van der Waals surface area (Å²) >= 11 is 0. The second-order valence-corrected chi connectivity index (χ2v) is 6.64. The van der Waals surface area contributed by atoms with Crippen LogP contribution in [0.5, 0.6) is 5.75 Å². The molecule has 0 saturated heterocycles. The van der Waals surface area contributed by atoms with Gasteiger partial charge in [0.2, 0.25) is 0 Å². The van der Waals surface area contributed by atoms with Crippen LogP contribution in [0.3, 0.4) is 0 Å². The Kier molecular flexibility index (Phi) is 4.67. The van der Waals surface area contributed by atoms with Crippen LogP contribution in [0.4, 0.5) is 0 Å². The molecule has 1 aromatic carbocycles. The minimum absolute atomic E-state index is 0.0129. The fourth-order valence-electron chi connectivity index (χ4n) is 4.15. The van der Waals surface area contributed by atoms with Gasteiger partial charge in [0.15, 0.2) is 0 Å². The Bertz CT molecular complexity index is 518. The predicted molar refractivity (Wildman–Crippen MR) is 86.9 cm³/mol. The summed E-state index contributed by atoms with van der Waals surface area (Å²) in [6, 6.07) is 8.03. The van der Waals surface area contributed by atoms with Gasteiger partial charge < -0.3 is 15.8 Å². The van der Waals surface area contributed by atoms with Crippen molar-refractivity contribution < 1.29 is 9.53 Å². The van der Waals surface area contributed by atoms with E-state index in [1.807, 2.05) is 31.2 Å². The maximum Gasteiger partial charge on any atom is 0.251 e. The summed E-state index contributed by atoms with van der Waals surface area (Å²) in [5.41, 5.74) is 6.83. The van der Waals surface area contributed by atoms with Crippen molar-refractivity contribution in [1.29, 1.82) is 0 Å². The summed E-state index contributed by atoms with van der Waals surface area (Å²) in [5.74, 6) is 1.85. The van der Waals surface area contributed by atoms with E-state index in [9.17, 15) is 4.79 Å². The van der Waals surface area contributed by atoms with E-state index in [0.717, 1.165) is 18.6 Å². The highest BCUT2D eigenvalue weighted by Crippen LogP contribution is 2.39. The Morgan fingerprint density at radius 1 is 1.32 bits per heavy atom. The lowest BCUT2D eigenvalue weighted by molar-refractivity contribution is 0.0755. The Morgan fingerprint density at radius 3 is 2.73 bits per heavy atom. The first kappa shape index (κ1) is 15.3. The second kappa shape index (κ2) is 6.69. The molecule has 2 aliphatic rings. The van der Waals surface area contributed by atoms with Gasteiger partial charge in [0.25, 0.3) is 5.91 Å². The number of ether oxygens (including phenoxy) is 1. The van der Waals surface area contributed by atoms with Crippen LogP contribution in [0.2, 0.25) is 0 Å². The second-order valence-electron chi connectivity index (χ2n) is 6.64. The molecule has 0 aromatic heterocycles. The molecule has 4 nitrogen and oxygen atoms in total. The summed E-state index contributed by atoms with van der Waals surface area (Å²) in [4.78, 5) is 12.6. The number of amides is 1. The fraction of sp³-hybridized carbons (Fsp3) is 0.611. The first-order chi connectivity index (χ1) is 10.7. The molecule has 2 unspecified atom stereocenters. The van der Waals surface area contributed by atoms with Crippen molar-refractivity contribution in [2.45, 2.75) is 51.1 Å². The monoisotopic (exact) mass is 302 g/mol. The third-order valence-electron chi connectivity index (χ3n) is 5.08. The van der Waals surface area contributed by atoms with E-state index in [1.54, 1.807) is 0 Å². The van der Waals surface area contributed by atoms with Crippen molar-refractivity contribution in [3.63, 3.8) is 0 Å². The molecule has 3 N–H and O–H groups in total. The zero-order chi connectivity index (χ0) is 15.5. The van der Waals surface area contributed by atoms with Gasteiger partial charge in [0.1, 0.15) is 5.75 Å². The molecule has 2 saturated carbocycles. The van der Waals surface area contributed by atoms with Crippen LogP contribution >= 0.6 is 0 Å². The van der Waals surface area contributed by atoms with E-state index in [4.69, 9.17) is 10.5 Å². The fourth-order valence-corrected chi connectivity index (χ4v) is 4.15. The molecule has 0 heterocycles. The summed E-state index contributed by atoms with van der Waals surface area (Å²) in [6.45, 7) is 2.55. The average molecular weight is 302 g/mol. The van der Waals surface area contributed by atoms with Crippen LogP contribution in [0.25, 0.3) is 0 Å². The minimum atomic E-state index is 0.0129. The third kappa shape index (κ3) is 3.27. The third-order valence-corrected chi connectivity index (χ3v) is 5.08. The maximum atomic E-state index is 12.6. The van der Waals surface area contributed by atoms with Crippen LogP contribution < -0.4 is 15.8 Å². The Morgan fingerprint density at radius 2 is 2.05 bits per heavy atom. The number of nitrogens with one attached hydrogen (secondary N) is 1. The average Bonchev–Trinajstić information content (AvgIpc) is 2.49. The largest absolute Gasteiger partial charge is 0.494 e. The Balaban J connectivity index is 1.70. The number of carbonyl (C=O) groups excluding carboxylic acids is 1. The van der Waals surface area contributed by atoms with Crippen molar-refractivity contribution in [1.82, 2.24) is 5.32 Å². The van der Waals surface area contributed by atoms with Crippen LogP contribution in [0.15, 0.2) is 24.3 Å². The van der Waals surface area contributed by atoms with E-state index in [1.165, 1.54) is 19.3 Å². The van der Waals surface area contributed by atoms with E-state index in [2.05, 4.69) is 5.32 Å². The number of carbonyl (C=O) groups is 1. The van der Waals surface area contributed by atoms with Crippen LogP contribution in [0, 0.1) is 11.8 Å². The number of benzene rings is 1. The Labute approximate surface area is 132 Å². The molecule has 2 atom stereocenters. The van der Waals surface area contributed by atoms with Crippen molar-refractivity contribution >= 4 is 5.91 Å². The van der Waals surface area contributed by atoms with Gasteiger partial charge in [-0.05, 0) is 62.6 Å². The first-order valence-electron chi connectivity index (χ1n) is 8.46. The molecule has 3 rings (SSSR count). The molecule has 2 aliphatic carbocycles. The lowest BCUT2D eigenvalue weighted by atomic mass is 9.67. The first-order valence-corrected chi connectivity index (χ1v) is 8.46. The smallest absolute Gasteiger partial charge is 0.251 e. The maximum absolute atomic E-state index is 12.6. The number of hydrogen-bond acceptors (Lipinski definition) is 3.